The Hall–Kier alpha value is -2.05. The summed E-state index contributed by atoms with van der Waals surface area (Å²) in [4.78, 5) is 24.0. The monoisotopic (exact) mass is 305 g/mol. The summed E-state index contributed by atoms with van der Waals surface area (Å²) >= 11 is 6.69. The first kappa shape index (κ1) is 13.0. The molecule has 0 unspecified atom stereocenters. The molecule has 2 heterocycles. The van der Waals surface area contributed by atoms with Crippen molar-refractivity contribution in [1.82, 2.24) is 14.8 Å². The molecule has 0 atom stereocenters. The molecule has 0 fully saturated rings. The molecule has 0 amide bonds. The smallest absolute Gasteiger partial charge is 0.269 e. The van der Waals surface area contributed by atoms with Gasteiger partial charge < -0.3 is 0 Å². The van der Waals surface area contributed by atoms with E-state index in [0.29, 0.717) is 15.8 Å². The Bertz CT molecular complexity index is 886. The van der Waals surface area contributed by atoms with Gasteiger partial charge in [0, 0.05) is 4.70 Å². The van der Waals surface area contributed by atoms with Crippen LogP contribution < -0.4 is 10.4 Å². The number of halogens is 1. The number of nitrogens with zero attached hydrogens (tertiary/aromatic N) is 3. The second kappa shape index (κ2) is 5.15. The van der Waals surface area contributed by atoms with E-state index in [0.717, 1.165) is 15.9 Å². The van der Waals surface area contributed by atoms with Gasteiger partial charge in [0.15, 0.2) is 5.15 Å². The Labute approximate surface area is 122 Å². The Kier molecular flexibility index (Phi) is 3.33. The first-order valence-corrected chi connectivity index (χ1v) is 6.95. The number of benzene rings is 1. The SMILES string of the molecule is O=c1sc2ccccc2c(=O)n1Cc1ccc(Cl)nn1. The highest BCUT2D eigenvalue weighted by Crippen LogP contribution is 2.11. The van der Waals surface area contributed by atoms with E-state index in [1.807, 2.05) is 0 Å². The summed E-state index contributed by atoms with van der Waals surface area (Å²) in [7, 11) is 0. The average molecular weight is 306 g/mol. The molecule has 2 aromatic heterocycles. The topological polar surface area (TPSA) is 64.8 Å². The van der Waals surface area contributed by atoms with Crippen molar-refractivity contribution in [3.63, 3.8) is 0 Å². The third kappa shape index (κ3) is 2.35. The number of rotatable bonds is 2. The third-order valence-electron chi connectivity index (χ3n) is 2.79. The Morgan fingerprint density at radius 3 is 2.65 bits per heavy atom. The summed E-state index contributed by atoms with van der Waals surface area (Å²) in [5, 5.41) is 8.35. The van der Waals surface area contributed by atoms with E-state index >= 15 is 0 Å². The molecule has 3 aromatic rings. The number of fused-ring (bicyclic) bond motifs is 1. The zero-order chi connectivity index (χ0) is 14.1. The minimum Gasteiger partial charge on any atom is -0.269 e. The highest BCUT2D eigenvalue weighted by molar-refractivity contribution is 7.16. The van der Waals surface area contributed by atoms with Crippen LogP contribution in [0, 0.1) is 0 Å². The highest BCUT2D eigenvalue weighted by Gasteiger charge is 2.09. The van der Waals surface area contributed by atoms with E-state index in [1.165, 1.54) is 0 Å². The van der Waals surface area contributed by atoms with Gasteiger partial charge in [0.1, 0.15) is 0 Å². The molecule has 20 heavy (non-hydrogen) atoms. The van der Waals surface area contributed by atoms with Crippen molar-refractivity contribution < 1.29 is 0 Å². The predicted octanol–water partition coefficient (Wildman–Crippen LogP) is 1.91. The maximum absolute atomic E-state index is 12.3. The van der Waals surface area contributed by atoms with Gasteiger partial charge in [-0.2, -0.15) is 5.10 Å². The van der Waals surface area contributed by atoms with E-state index in [1.54, 1.807) is 36.4 Å². The first-order valence-electron chi connectivity index (χ1n) is 5.76. The van der Waals surface area contributed by atoms with Gasteiger partial charge >= 0.3 is 4.87 Å². The van der Waals surface area contributed by atoms with Gasteiger partial charge in [0.25, 0.3) is 5.56 Å². The lowest BCUT2D eigenvalue weighted by atomic mass is 10.3. The van der Waals surface area contributed by atoms with Crippen LogP contribution >= 0.6 is 22.9 Å². The molecule has 3 rings (SSSR count). The molecule has 0 radical (unpaired) electrons. The molecule has 7 heteroatoms. The van der Waals surface area contributed by atoms with Gasteiger partial charge in [-0.05, 0) is 24.3 Å². The molecule has 0 spiro atoms. The largest absolute Gasteiger partial charge is 0.310 e. The van der Waals surface area contributed by atoms with Gasteiger partial charge in [-0.3, -0.25) is 14.2 Å². The molecule has 0 aliphatic heterocycles. The fourth-order valence-corrected chi connectivity index (χ4v) is 2.79. The summed E-state index contributed by atoms with van der Waals surface area (Å²) in [5.41, 5.74) is 0.192. The van der Waals surface area contributed by atoms with Crippen LogP contribution in [0.1, 0.15) is 5.69 Å². The fourth-order valence-electron chi connectivity index (χ4n) is 1.84. The van der Waals surface area contributed by atoms with Crippen LogP contribution in [0.4, 0.5) is 0 Å². The summed E-state index contributed by atoms with van der Waals surface area (Å²) in [6.45, 7) is 0.0865. The lowest BCUT2D eigenvalue weighted by Crippen LogP contribution is -2.31. The van der Waals surface area contributed by atoms with Crippen molar-refractivity contribution in [2.45, 2.75) is 6.54 Å². The molecule has 0 aliphatic carbocycles. The van der Waals surface area contributed by atoms with Crippen molar-refractivity contribution in [2.75, 3.05) is 0 Å². The second-order valence-corrected chi connectivity index (χ2v) is 5.48. The minimum atomic E-state index is -0.318. The predicted molar refractivity (Wildman–Crippen MR) is 78.5 cm³/mol. The van der Waals surface area contributed by atoms with Gasteiger partial charge in [-0.15, -0.1) is 5.10 Å². The standard InChI is InChI=1S/C13H8ClN3O2S/c14-11-6-5-8(15-16-11)7-17-12(18)9-3-1-2-4-10(9)20-13(17)19/h1-6H,7H2. The third-order valence-corrected chi connectivity index (χ3v) is 3.96. The van der Waals surface area contributed by atoms with Crippen LogP contribution in [0.3, 0.4) is 0 Å². The van der Waals surface area contributed by atoms with E-state index in [2.05, 4.69) is 10.2 Å². The van der Waals surface area contributed by atoms with Crippen molar-refractivity contribution in [3.8, 4) is 0 Å². The van der Waals surface area contributed by atoms with Crippen molar-refractivity contribution in [2.24, 2.45) is 0 Å². The van der Waals surface area contributed by atoms with E-state index < -0.39 is 0 Å². The van der Waals surface area contributed by atoms with E-state index in [9.17, 15) is 9.59 Å². The molecule has 5 nitrogen and oxygen atoms in total. The van der Waals surface area contributed by atoms with Gasteiger partial charge in [0.2, 0.25) is 0 Å². The van der Waals surface area contributed by atoms with Gasteiger partial charge in [-0.1, -0.05) is 35.1 Å². The summed E-state index contributed by atoms with van der Waals surface area (Å²) in [6, 6.07) is 10.2. The lowest BCUT2D eigenvalue weighted by molar-refractivity contribution is 0.718. The van der Waals surface area contributed by atoms with Crippen molar-refractivity contribution >= 4 is 33.0 Å². The lowest BCUT2D eigenvalue weighted by Gasteiger charge is -2.04. The Balaban J connectivity index is 2.14. The summed E-state index contributed by atoms with van der Waals surface area (Å²) < 4.78 is 1.84. The molecule has 1 aromatic carbocycles. The van der Waals surface area contributed by atoms with E-state index in [4.69, 9.17) is 11.6 Å². The Morgan fingerprint density at radius 2 is 1.90 bits per heavy atom. The normalized spacial score (nSPS) is 10.8. The average Bonchev–Trinajstić information content (AvgIpc) is 2.45. The zero-order valence-corrected chi connectivity index (χ0v) is 11.7. The Morgan fingerprint density at radius 1 is 1.10 bits per heavy atom. The van der Waals surface area contributed by atoms with Gasteiger partial charge in [-0.25, -0.2) is 0 Å². The van der Waals surface area contributed by atoms with Crippen molar-refractivity contribution in [1.29, 1.82) is 0 Å². The fraction of sp³-hybridized carbons (Fsp3) is 0.0769. The maximum atomic E-state index is 12.3. The zero-order valence-electron chi connectivity index (χ0n) is 10.1. The van der Waals surface area contributed by atoms with Crippen LogP contribution in [0.2, 0.25) is 5.15 Å². The van der Waals surface area contributed by atoms with E-state index in [-0.39, 0.29) is 22.1 Å². The molecule has 0 saturated carbocycles. The van der Waals surface area contributed by atoms with Crippen LogP contribution in [0.15, 0.2) is 46.0 Å². The maximum Gasteiger partial charge on any atom is 0.310 e. The van der Waals surface area contributed by atoms with Crippen LogP contribution in [0.25, 0.3) is 10.1 Å². The minimum absolute atomic E-state index is 0.0865. The number of aromatic nitrogens is 3. The number of hydrogen-bond acceptors (Lipinski definition) is 5. The molecule has 0 N–H and O–H groups in total. The number of hydrogen-bond donors (Lipinski definition) is 0. The molecule has 0 saturated heterocycles. The highest BCUT2D eigenvalue weighted by atomic mass is 35.5. The van der Waals surface area contributed by atoms with Crippen LogP contribution in [0.5, 0.6) is 0 Å². The first-order chi connectivity index (χ1) is 9.65. The molecular formula is C13H8ClN3O2S. The summed E-state index contributed by atoms with van der Waals surface area (Å²) in [6.07, 6.45) is 0. The second-order valence-electron chi connectivity index (χ2n) is 4.10. The molecule has 0 aliphatic rings. The van der Waals surface area contributed by atoms with Crippen molar-refractivity contribution in [3.05, 3.63) is 67.3 Å². The molecule has 0 bridgehead atoms. The van der Waals surface area contributed by atoms with Crippen LogP contribution in [-0.4, -0.2) is 14.8 Å². The molecular weight excluding hydrogens is 298 g/mol. The quantitative estimate of drug-likeness (QED) is 0.725. The van der Waals surface area contributed by atoms with Crippen LogP contribution in [-0.2, 0) is 6.54 Å². The molecule has 100 valence electrons. The van der Waals surface area contributed by atoms with Gasteiger partial charge in [0.05, 0.1) is 17.6 Å². The summed E-state index contributed by atoms with van der Waals surface area (Å²) in [5.74, 6) is 0.